The number of halogens is 6. The van der Waals surface area contributed by atoms with Crippen LogP contribution in [0.5, 0.6) is 0 Å². The van der Waals surface area contributed by atoms with Crippen LogP contribution in [0.25, 0.3) is 11.3 Å². The molecule has 1 N–H and O–H groups in total. The van der Waals surface area contributed by atoms with E-state index in [2.05, 4.69) is 21.8 Å². The fraction of sp³-hybridized carbons (Fsp3) is 0.423. The van der Waals surface area contributed by atoms with Crippen LogP contribution >= 0.6 is 0 Å². The number of aryl methyl sites for hydroxylation is 1. The van der Waals surface area contributed by atoms with E-state index in [0.29, 0.717) is 19.5 Å². The molecule has 2 fully saturated rings. The number of nitrogens with zero attached hydrogens (tertiary/aromatic N) is 3. The summed E-state index contributed by atoms with van der Waals surface area (Å²) in [6, 6.07) is 8.56. The molecule has 2 aromatic heterocycles. The van der Waals surface area contributed by atoms with Gasteiger partial charge in [-0.15, -0.1) is 0 Å². The van der Waals surface area contributed by atoms with E-state index >= 15 is 0 Å². The van der Waals surface area contributed by atoms with Crippen molar-refractivity contribution in [3.05, 3.63) is 86.3 Å². The Morgan fingerprint density at radius 1 is 0.947 bits per heavy atom. The second-order valence-corrected chi connectivity index (χ2v) is 10.4. The van der Waals surface area contributed by atoms with Gasteiger partial charge in [0.05, 0.1) is 16.8 Å². The van der Waals surface area contributed by atoms with Gasteiger partial charge in [0.2, 0.25) is 0 Å². The molecule has 12 heteroatoms. The van der Waals surface area contributed by atoms with Gasteiger partial charge in [0.25, 0.3) is 5.56 Å². The molecule has 1 saturated heterocycles. The molecule has 3 heterocycles. The Morgan fingerprint density at radius 3 is 2.32 bits per heavy atom. The number of H-pyrrole nitrogens is 1. The Kier molecular flexibility index (Phi) is 6.08. The summed E-state index contributed by atoms with van der Waals surface area (Å²) in [5, 5.41) is 0. The molecule has 0 amide bonds. The highest BCUT2D eigenvalue weighted by molar-refractivity contribution is 5.56. The zero-order valence-electron chi connectivity index (χ0n) is 20.3. The summed E-state index contributed by atoms with van der Waals surface area (Å²) < 4.78 is 79.2. The van der Waals surface area contributed by atoms with Gasteiger partial charge in [-0.05, 0) is 54.6 Å². The van der Waals surface area contributed by atoms with Gasteiger partial charge >= 0.3 is 18.0 Å². The summed E-state index contributed by atoms with van der Waals surface area (Å²) in [7, 11) is 0. The standard InChI is InChI=1S/C26H24F6N4O2/c1-23-13-24(23,16-6-8-17(9-7-16)25(27,28)29)15-35(14-23)10-3-11-36-12-18(21(37)34-22(36)38)19-4-2-5-20(33-19)26(30,31)32/h2,4-9,12H,3,10-11,13-15H2,1H3,(H,34,37,38). The first-order valence-corrected chi connectivity index (χ1v) is 12.0. The number of hydrogen-bond donors (Lipinski definition) is 1. The molecule has 2 aliphatic rings. The van der Waals surface area contributed by atoms with Crippen molar-refractivity contribution in [1.29, 1.82) is 0 Å². The molecule has 0 radical (unpaired) electrons. The predicted octanol–water partition coefficient (Wildman–Crippen LogP) is 4.69. The summed E-state index contributed by atoms with van der Waals surface area (Å²) >= 11 is 0. The lowest BCUT2D eigenvalue weighted by Crippen LogP contribution is -2.33. The van der Waals surface area contributed by atoms with E-state index < -0.39 is 34.9 Å². The Hall–Kier alpha value is -3.41. The summed E-state index contributed by atoms with van der Waals surface area (Å²) in [6.45, 7) is 4.36. The van der Waals surface area contributed by atoms with E-state index in [-0.39, 0.29) is 28.6 Å². The molecule has 5 rings (SSSR count). The van der Waals surface area contributed by atoms with Gasteiger partial charge in [0.1, 0.15) is 5.69 Å². The predicted molar refractivity (Wildman–Crippen MR) is 126 cm³/mol. The number of fused-ring (bicyclic) bond motifs is 1. The maximum absolute atomic E-state index is 13.0. The molecule has 38 heavy (non-hydrogen) atoms. The number of piperidine rings is 1. The monoisotopic (exact) mass is 538 g/mol. The Labute approximate surface area is 212 Å². The van der Waals surface area contributed by atoms with E-state index in [1.54, 1.807) is 12.1 Å². The third kappa shape index (κ3) is 4.65. The zero-order valence-corrected chi connectivity index (χ0v) is 20.3. The lowest BCUT2D eigenvalue weighted by molar-refractivity contribution is -0.141. The second-order valence-electron chi connectivity index (χ2n) is 10.4. The Bertz CT molecular complexity index is 1480. The SMILES string of the molecule is CC12CN(CCCn3cc(-c4cccc(C(F)(F)F)n4)c(=O)[nH]c3=O)CC1(c1ccc(C(F)(F)F)cc1)C2. The normalized spacial score (nSPS) is 23.4. The first kappa shape index (κ1) is 26.2. The number of alkyl halides is 6. The van der Waals surface area contributed by atoms with Crippen molar-refractivity contribution in [2.45, 2.75) is 44.1 Å². The van der Waals surface area contributed by atoms with Crippen molar-refractivity contribution in [2.24, 2.45) is 5.41 Å². The summed E-state index contributed by atoms with van der Waals surface area (Å²) in [5.74, 6) is 0. The minimum absolute atomic E-state index is 0.0517. The minimum atomic E-state index is -4.68. The number of aromatic amines is 1. The van der Waals surface area contributed by atoms with Gasteiger partial charge in [0, 0.05) is 31.2 Å². The zero-order chi connectivity index (χ0) is 27.5. The Balaban J connectivity index is 1.27. The van der Waals surface area contributed by atoms with Gasteiger partial charge in [-0.3, -0.25) is 14.3 Å². The van der Waals surface area contributed by atoms with Crippen LogP contribution in [0.4, 0.5) is 26.3 Å². The molecule has 2 atom stereocenters. The van der Waals surface area contributed by atoms with E-state index in [1.165, 1.54) is 16.8 Å². The van der Waals surface area contributed by atoms with Crippen LogP contribution in [-0.2, 0) is 24.3 Å². The van der Waals surface area contributed by atoms with Crippen molar-refractivity contribution in [3.8, 4) is 11.3 Å². The number of rotatable bonds is 6. The molecule has 3 aromatic rings. The Morgan fingerprint density at radius 2 is 1.66 bits per heavy atom. The van der Waals surface area contributed by atoms with Gasteiger partial charge < -0.3 is 4.90 Å². The quantitative estimate of drug-likeness (QED) is 0.463. The summed E-state index contributed by atoms with van der Waals surface area (Å²) in [6.07, 6.45) is -6.45. The molecular weight excluding hydrogens is 514 g/mol. The maximum Gasteiger partial charge on any atom is 0.433 e. The van der Waals surface area contributed by atoms with Crippen molar-refractivity contribution >= 4 is 0 Å². The molecule has 1 aromatic carbocycles. The van der Waals surface area contributed by atoms with E-state index in [4.69, 9.17) is 0 Å². The number of nitrogens with one attached hydrogen (secondary N) is 1. The lowest BCUT2D eigenvalue weighted by Gasteiger charge is -2.21. The van der Waals surface area contributed by atoms with Crippen molar-refractivity contribution in [3.63, 3.8) is 0 Å². The van der Waals surface area contributed by atoms with Crippen LogP contribution in [0.3, 0.4) is 0 Å². The summed E-state index contributed by atoms with van der Waals surface area (Å²) in [4.78, 5) is 32.5. The molecule has 6 nitrogen and oxygen atoms in total. The molecule has 0 bridgehead atoms. The van der Waals surface area contributed by atoms with Gasteiger partial charge in [-0.2, -0.15) is 26.3 Å². The first-order valence-electron chi connectivity index (χ1n) is 12.0. The van der Waals surface area contributed by atoms with Crippen molar-refractivity contribution in [2.75, 3.05) is 19.6 Å². The molecular formula is C26H24F6N4O2. The summed E-state index contributed by atoms with van der Waals surface area (Å²) in [5.41, 5.74) is -3.06. The van der Waals surface area contributed by atoms with Gasteiger partial charge in [-0.25, -0.2) is 9.78 Å². The van der Waals surface area contributed by atoms with Gasteiger partial charge in [0.15, 0.2) is 0 Å². The lowest BCUT2D eigenvalue weighted by atomic mass is 9.89. The third-order valence-corrected chi connectivity index (χ3v) is 7.75. The topological polar surface area (TPSA) is 71.0 Å². The minimum Gasteiger partial charge on any atom is -0.302 e. The van der Waals surface area contributed by atoms with Crippen molar-refractivity contribution < 1.29 is 26.3 Å². The van der Waals surface area contributed by atoms with Crippen LogP contribution in [0.2, 0.25) is 0 Å². The van der Waals surface area contributed by atoms with E-state index in [9.17, 15) is 35.9 Å². The largest absolute Gasteiger partial charge is 0.433 e. The highest BCUT2D eigenvalue weighted by atomic mass is 19.4. The molecule has 2 unspecified atom stereocenters. The number of hydrogen-bond acceptors (Lipinski definition) is 4. The number of likely N-dealkylation sites (tertiary alicyclic amines) is 1. The molecule has 1 aliphatic heterocycles. The highest BCUT2D eigenvalue weighted by Gasteiger charge is 2.69. The van der Waals surface area contributed by atoms with E-state index in [1.807, 2.05) is 0 Å². The molecule has 1 aliphatic carbocycles. The third-order valence-electron chi connectivity index (χ3n) is 7.75. The van der Waals surface area contributed by atoms with Crippen LogP contribution in [0, 0.1) is 5.41 Å². The second kappa shape index (κ2) is 8.82. The average molecular weight is 538 g/mol. The van der Waals surface area contributed by atoms with E-state index in [0.717, 1.165) is 42.8 Å². The van der Waals surface area contributed by atoms with Crippen molar-refractivity contribution in [1.82, 2.24) is 19.4 Å². The van der Waals surface area contributed by atoms with Crippen LogP contribution in [-0.4, -0.2) is 39.1 Å². The van der Waals surface area contributed by atoms with Gasteiger partial charge in [-0.1, -0.05) is 25.1 Å². The maximum atomic E-state index is 13.0. The fourth-order valence-corrected chi connectivity index (χ4v) is 5.75. The molecule has 202 valence electrons. The molecule has 1 saturated carbocycles. The number of pyridine rings is 1. The number of aromatic nitrogens is 3. The van der Waals surface area contributed by atoms with Crippen LogP contribution in [0.15, 0.2) is 58.3 Å². The fourth-order valence-electron chi connectivity index (χ4n) is 5.75. The molecule has 0 spiro atoms. The van der Waals surface area contributed by atoms with Crippen LogP contribution < -0.4 is 11.2 Å². The average Bonchev–Trinajstić information content (AvgIpc) is 3.32. The van der Waals surface area contributed by atoms with Crippen LogP contribution in [0.1, 0.15) is 36.6 Å². The highest BCUT2D eigenvalue weighted by Crippen LogP contribution is 2.68. The first-order chi connectivity index (χ1) is 17.7. The smallest absolute Gasteiger partial charge is 0.302 e. The number of benzene rings is 1.